The molecular weight excluding hydrogens is 206 g/mol. The van der Waals surface area contributed by atoms with Gasteiger partial charge in [0, 0.05) is 6.04 Å². The number of likely N-dealkylation sites (tertiary alicyclic amines) is 1. The van der Waals surface area contributed by atoms with Crippen LogP contribution in [0.1, 0.15) is 37.9 Å². The van der Waals surface area contributed by atoms with Crippen molar-refractivity contribution in [2.45, 2.75) is 51.8 Å². The van der Waals surface area contributed by atoms with Gasteiger partial charge in [0.15, 0.2) is 5.82 Å². The predicted molar refractivity (Wildman–Crippen MR) is 58.8 cm³/mol. The minimum atomic E-state index is -0.241. The Balaban J connectivity index is 1.93. The maximum atomic E-state index is 9.42. The van der Waals surface area contributed by atoms with Crippen LogP contribution in [0, 0.1) is 6.92 Å². The van der Waals surface area contributed by atoms with Gasteiger partial charge < -0.3 is 9.63 Å². The summed E-state index contributed by atoms with van der Waals surface area (Å²) in [6, 6.07) is 0.451. The molecular formula is C11H19N3O2. The molecule has 1 aliphatic rings. The molecule has 90 valence electrons. The van der Waals surface area contributed by atoms with Crippen molar-refractivity contribution >= 4 is 0 Å². The highest BCUT2D eigenvalue weighted by atomic mass is 16.5. The Bertz CT molecular complexity index is 338. The van der Waals surface area contributed by atoms with E-state index in [0.717, 1.165) is 19.4 Å². The molecule has 1 fully saturated rings. The highest BCUT2D eigenvalue weighted by Crippen LogP contribution is 2.23. The lowest BCUT2D eigenvalue weighted by atomic mass is 10.1. The number of aliphatic hydroxyl groups excluding tert-OH is 1. The van der Waals surface area contributed by atoms with Crippen LogP contribution < -0.4 is 0 Å². The van der Waals surface area contributed by atoms with Gasteiger partial charge in [-0.1, -0.05) is 5.16 Å². The quantitative estimate of drug-likeness (QED) is 0.831. The Hall–Kier alpha value is -0.940. The van der Waals surface area contributed by atoms with Crippen LogP contribution in [-0.4, -0.2) is 38.8 Å². The van der Waals surface area contributed by atoms with Crippen molar-refractivity contribution in [3.63, 3.8) is 0 Å². The normalized spacial score (nSPS) is 23.8. The molecule has 2 unspecified atom stereocenters. The molecule has 0 radical (unpaired) electrons. The number of aryl methyl sites for hydroxylation is 1. The summed E-state index contributed by atoms with van der Waals surface area (Å²) in [5, 5.41) is 13.2. The van der Waals surface area contributed by atoms with E-state index in [9.17, 15) is 5.11 Å². The van der Waals surface area contributed by atoms with E-state index in [2.05, 4.69) is 15.0 Å². The average Bonchev–Trinajstić information content (AvgIpc) is 2.77. The van der Waals surface area contributed by atoms with Crippen LogP contribution in [0.25, 0.3) is 0 Å². The second kappa shape index (κ2) is 4.93. The van der Waals surface area contributed by atoms with E-state index in [4.69, 9.17) is 4.52 Å². The molecule has 2 rings (SSSR count). The Labute approximate surface area is 95.4 Å². The second-order valence-electron chi connectivity index (χ2n) is 4.59. The molecule has 2 atom stereocenters. The average molecular weight is 225 g/mol. The maximum Gasteiger partial charge on any atom is 0.240 e. The first-order valence-corrected chi connectivity index (χ1v) is 5.86. The summed E-state index contributed by atoms with van der Waals surface area (Å²) in [6.45, 7) is 5.43. The summed E-state index contributed by atoms with van der Waals surface area (Å²) in [6.07, 6.45) is 2.92. The SMILES string of the molecule is Cc1noc(CN2CCCC2CC(C)O)n1. The zero-order valence-corrected chi connectivity index (χ0v) is 9.89. The lowest BCUT2D eigenvalue weighted by Crippen LogP contribution is -2.31. The molecule has 0 aromatic carbocycles. The lowest BCUT2D eigenvalue weighted by Gasteiger charge is -2.23. The molecule has 1 aromatic heterocycles. The standard InChI is InChI=1S/C11H19N3O2/c1-8(15)6-10-4-3-5-14(10)7-11-12-9(2)13-16-11/h8,10,15H,3-7H2,1-2H3. The first kappa shape index (κ1) is 11.5. The van der Waals surface area contributed by atoms with E-state index in [1.807, 2.05) is 13.8 Å². The van der Waals surface area contributed by atoms with Crippen molar-refractivity contribution in [3.8, 4) is 0 Å². The topological polar surface area (TPSA) is 62.4 Å². The monoisotopic (exact) mass is 225 g/mol. The first-order chi connectivity index (χ1) is 7.65. The number of aromatic nitrogens is 2. The molecule has 0 bridgehead atoms. The minimum absolute atomic E-state index is 0.241. The van der Waals surface area contributed by atoms with E-state index in [1.165, 1.54) is 6.42 Å². The molecule has 0 saturated carbocycles. The van der Waals surface area contributed by atoms with Gasteiger partial charge in [0.1, 0.15) is 0 Å². The van der Waals surface area contributed by atoms with Crippen LogP contribution >= 0.6 is 0 Å². The van der Waals surface area contributed by atoms with Gasteiger partial charge in [0.25, 0.3) is 0 Å². The summed E-state index contributed by atoms with van der Waals surface area (Å²) in [4.78, 5) is 6.52. The third-order valence-electron chi connectivity index (χ3n) is 3.02. The molecule has 5 nitrogen and oxygen atoms in total. The number of nitrogens with zero attached hydrogens (tertiary/aromatic N) is 3. The highest BCUT2D eigenvalue weighted by Gasteiger charge is 2.26. The van der Waals surface area contributed by atoms with Crippen molar-refractivity contribution in [1.29, 1.82) is 0 Å². The lowest BCUT2D eigenvalue weighted by molar-refractivity contribution is 0.124. The fourth-order valence-corrected chi connectivity index (χ4v) is 2.34. The zero-order chi connectivity index (χ0) is 11.5. The van der Waals surface area contributed by atoms with Crippen LogP contribution in [-0.2, 0) is 6.54 Å². The number of hydrogen-bond acceptors (Lipinski definition) is 5. The Morgan fingerprint density at radius 2 is 2.44 bits per heavy atom. The zero-order valence-electron chi connectivity index (χ0n) is 9.89. The van der Waals surface area contributed by atoms with Crippen molar-refractivity contribution in [3.05, 3.63) is 11.7 Å². The van der Waals surface area contributed by atoms with E-state index in [-0.39, 0.29) is 6.10 Å². The van der Waals surface area contributed by atoms with E-state index in [1.54, 1.807) is 0 Å². The van der Waals surface area contributed by atoms with Crippen LogP contribution in [0.15, 0.2) is 4.52 Å². The van der Waals surface area contributed by atoms with Crippen LogP contribution in [0.4, 0.5) is 0 Å². The molecule has 5 heteroatoms. The molecule has 1 aromatic rings. The molecule has 2 heterocycles. The van der Waals surface area contributed by atoms with Crippen molar-refractivity contribution < 1.29 is 9.63 Å². The van der Waals surface area contributed by atoms with E-state index < -0.39 is 0 Å². The largest absolute Gasteiger partial charge is 0.393 e. The first-order valence-electron chi connectivity index (χ1n) is 5.86. The minimum Gasteiger partial charge on any atom is -0.393 e. The van der Waals surface area contributed by atoms with Crippen LogP contribution in [0.5, 0.6) is 0 Å². The van der Waals surface area contributed by atoms with E-state index >= 15 is 0 Å². The van der Waals surface area contributed by atoms with Crippen molar-refractivity contribution in [2.24, 2.45) is 0 Å². The number of aliphatic hydroxyl groups is 1. The van der Waals surface area contributed by atoms with Gasteiger partial charge in [-0.05, 0) is 39.7 Å². The molecule has 1 aliphatic heterocycles. The molecule has 16 heavy (non-hydrogen) atoms. The van der Waals surface area contributed by atoms with Gasteiger partial charge >= 0.3 is 0 Å². The van der Waals surface area contributed by atoms with Crippen molar-refractivity contribution in [2.75, 3.05) is 6.54 Å². The molecule has 0 spiro atoms. The Morgan fingerprint density at radius 1 is 1.62 bits per heavy atom. The third kappa shape index (κ3) is 2.80. The molecule has 0 amide bonds. The van der Waals surface area contributed by atoms with Crippen molar-refractivity contribution in [1.82, 2.24) is 15.0 Å². The van der Waals surface area contributed by atoms with Gasteiger partial charge in [-0.15, -0.1) is 0 Å². The Kier molecular flexibility index (Phi) is 3.56. The summed E-state index contributed by atoms with van der Waals surface area (Å²) in [7, 11) is 0. The maximum absolute atomic E-state index is 9.42. The summed E-state index contributed by atoms with van der Waals surface area (Å²) >= 11 is 0. The predicted octanol–water partition coefficient (Wildman–Crippen LogP) is 1.11. The smallest absolute Gasteiger partial charge is 0.240 e. The van der Waals surface area contributed by atoms with Gasteiger partial charge in [-0.2, -0.15) is 4.98 Å². The third-order valence-corrected chi connectivity index (χ3v) is 3.02. The molecule has 1 N–H and O–H groups in total. The fraction of sp³-hybridized carbons (Fsp3) is 0.818. The highest BCUT2D eigenvalue weighted by molar-refractivity contribution is 4.87. The molecule has 1 saturated heterocycles. The van der Waals surface area contributed by atoms with Gasteiger partial charge in [0.2, 0.25) is 5.89 Å². The van der Waals surface area contributed by atoms with Gasteiger partial charge in [-0.25, -0.2) is 0 Å². The summed E-state index contributed by atoms with van der Waals surface area (Å²) in [5.41, 5.74) is 0. The summed E-state index contributed by atoms with van der Waals surface area (Å²) < 4.78 is 5.11. The fourth-order valence-electron chi connectivity index (χ4n) is 2.34. The number of rotatable bonds is 4. The summed E-state index contributed by atoms with van der Waals surface area (Å²) in [5.74, 6) is 1.36. The van der Waals surface area contributed by atoms with Gasteiger partial charge in [-0.3, -0.25) is 4.90 Å². The Morgan fingerprint density at radius 3 is 3.06 bits per heavy atom. The number of hydrogen-bond donors (Lipinski definition) is 1. The van der Waals surface area contributed by atoms with Crippen LogP contribution in [0.3, 0.4) is 0 Å². The van der Waals surface area contributed by atoms with Crippen LogP contribution in [0.2, 0.25) is 0 Å². The van der Waals surface area contributed by atoms with E-state index in [0.29, 0.717) is 24.3 Å². The van der Waals surface area contributed by atoms with Gasteiger partial charge in [0.05, 0.1) is 12.6 Å². The second-order valence-corrected chi connectivity index (χ2v) is 4.59. The molecule has 0 aliphatic carbocycles.